The van der Waals surface area contributed by atoms with Crippen molar-refractivity contribution in [1.29, 1.82) is 0 Å². The average molecular weight is 388 g/mol. The third kappa shape index (κ3) is 4.58. The van der Waals surface area contributed by atoms with Crippen LogP contribution < -0.4 is 0 Å². The molecule has 1 saturated heterocycles. The monoisotopic (exact) mass is 387 g/mol. The number of nitrogens with zero attached hydrogens (tertiary/aromatic N) is 5. The van der Waals surface area contributed by atoms with Gasteiger partial charge in [0, 0.05) is 45.1 Å². The first kappa shape index (κ1) is 19.9. The Kier molecular flexibility index (Phi) is 6.34. The van der Waals surface area contributed by atoms with Crippen LogP contribution in [0, 0.1) is 11.8 Å². The van der Waals surface area contributed by atoms with E-state index in [9.17, 15) is 4.79 Å². The Balaban J connectivity index is 1.31. The molecule has 1 aromatic heterocycles. The number of likely N-dealkylation sites (tertiary alicyclic amines) is 1. The molecular weight excluding hydrogens is 350 g/mol. The van der Waals surface area contributed by atoms with Crippen LogP contribution in [0.2, 0.25) is 0 Å². The molecule has 1 aliphatic carbocycles. The Hall–Kier alpha value is -1.43. The second kappa shape index (κ2) is 8.93. The fraction of sp³-hybridized carbons (Fsp3) is 0.864. The molecule has 1 aromatic rings. The van der Waals surface area contributed by atoms with Gasteiger partial charge >= 0.3 is 0 Å². The highest BCUT2D eigenvalue weighted by Gasteiger charge is 2.30. The van der Waals surface area contributed by atoms with E-state index >= 15 is 0 Å². The normalized spacial score (nSPS) is 22.6. The molecule has 2 fully saturated rings. The van der Waals surface area contributed by atoms with Crippen molar-refractivity contribution in [3.8, 4) is 0 Å². The number of rotatable bonds is 5. The highest BCUT2D eigenvalue weighted by atomic mass is 16.2. The van der Waals surface area contributed by atoms with E-state index in [1.54, 1.807) is 0 Å². The molecule has 6 nitrogen and oxygen atoms in total. The Bertz CT molecular complexity index is 656. The lowest BCUT2D eigenvalue weighted by atomic mass is 9.89. The molecule has 3 heterocycles. The predicted molar refractivity (Wildman–Crippen MR) is 110 cm³/mol. The molecule has 4 rings (SSSR count). The van der Waals surface area contributed by atoms with Gasteiger partial charge < -0.3 is 9.47 Å². The first-order valence-corrected chi connectivity index (χ1v) is 11.5. The Morgan fingerprint density at radius 2 is 1.75 bits per heavy atom. The Morgan fingerprint density at radius 3 is 2.46 bits per heavy atom. The molecule has 6 heteroatoms. The molecule has 0 bridgehead atoms. The van der Waals surface area contributed by atoms with E-state index in [0.29, 0.717) is 24.2 Å². The lowest BCUT2D eigenvalue weighted by Crippen LogP contribution is -2.40. The molecule has 0 unspecified atom stereocenters. The Morgan fingerprint density at radius 1 is 1.00 bits per heavy atom. The summed E-state index contributed by atoms with van der Waals surface area (Å²) in [6.45, 7) is 10.3. The second-order valence-electron chi connectivity index (χ2n) is 9.62. The summed E-state index contributed by atoms with van der Waals surface area (Å²) >= 11 is 0. The van der Waals surface area contributed by atoms with Crippen molar-refractivity contribution in [2.75, 3.05) is 26.2 Å². The molecule has 156 valence electrons. The average Bonchev–Trinajstić information content (AvgIpc) is 3.11. The van der Waals surface area contributed by atoms with E-state index in [-0.39, 0.29) is 0 Å². The van der Waals surface area contributed by atoms with Crippen LogP contribution in [0.1, 0.15) is 82.8 Å². The summed E-state index contributed by atoms with van der Waals surface area (Å²) in [6.07, 6.45) is 9.78. The lowest BCUT2D eigenvalue weighted by Gasteiger charge is -2.34. The van der Waals surface area contributed by atoms with Gasteiger partial charge in [-0.2, -0.15) is 0 Å². The van der Waals surface area contributed by atoms with E-state index in [2.05, 4.69) is 38.4 Å². The van der Waals surface area contributed by atoms with Gasteiger partial charge in [-0.25, -0.2) is 0 Å². The maximum atomic E-state index is 12.3. The maximum Gasteiger partial charge on any atom is 0.222 e. The zero-order chi connectivity index (χ0) is 19.5. The van der Waals surface area contributed by atoms with Crippen molar-refractivity contribution < 1.29 is 4.79 Å². The number of hydrogen-bond donors (Lipinski definition) is 0. The van der Waals surface area contributed by atoms with Crippen molar-refractivity contribution in [2.45, 2.75) is 84.2 Å². The van der Waals surface area contributed by atoms with Crippen LogP contribution in [0.4, 0.5) is 0 Å². The molecule has 0 radical (unpaired) electrons. The minimum atomic E-state index is 0.315. The van der Waals surface area contributed by atoms with Gasteiger partial charge in [-0.3, -0.25) is 9.69 Å². The first-order chi connectivity index (χ1) is 13.6. The quantitative estimate of drug-likeness (QED) is 0.777. The first-order valence-electron chi connectivity index (χ1n) is 11.5. The number of hydrogen-bond acceptors (Lipinski definition) is 4. The summed E-state index contributed by atoms with van der Waals surface area (Å²) in [7, 11) is 0. The van der Waals surface area contributed by atoms with Gasteiger partial charge in [0.05, 0.1) is 6.54 Å². The third-order valence-corrected chi connectivity index (χ3v) is 6.90. The largest absolute Gasteiger partial charge is 0.343 e. The van der Waals surface area contributed by atoms with Crippen molar-refractivity contribution in [1.82, 2.24) is 24.6 Å². The second-order valence-corrected chi connectivity index (χ2v) is 9.62. The topological polar surface area (TPSA) is 54.3 Å². The highest BCUT2D eigenvalue weighted by molar-refractivity contribution is 5.76. The molecule has 2 aliphatic heterocycles. The number of piperidine rings is 1. The van der Waals surface area contributed by atoms with Crippen LogP contribution in [0.15, 0.2) is 0 Å². The van der Waals surface area contributed by atoms with Gasteiger partial charge in [-0.05, 0) is 37.5 Å². The van der Waals surface area contributed by atoms with Crippen LogP contribution in [0.25, 0.3) is 0 Å². The van der Waals surface area contributed by atoms with Crippen molar-refractivity contribution >= 4 is 5.91 Å². The molecule has 0 aromatic carbocycles. The summed E-state index contributed by atoms with van der Waals surface area (Å²) in [5.41, 5.74) is 0. The van der Waals surface area contributed by atoms with Crippen molar-refractivity contribution in [3.63, 3.8) is 0 Å². The van der Waals surface area contributed by atoms with Gasteiger partial charge in [0.15, 0.2) is 0 Å². The summed E-state index contributed by atoms with van der Waals surface area (Å²) in [5, 5.41) is 9.16. The third-order valence-electron chi connectivity index (χ3n) is 6.90. The zero-order valence-corrected chi connectivity index (χ0v) is 17.8. The fourth-order valence-corrected chi connectivity index (χ4v) is 5.29. The molecule has 3 aliphatic rings. The van der Waals surface area contributed by atoms with Gasteiger partial charge in [0.1, 0.15) is 11.6 Å². The van der Waals surface area contributed by atoms with Crippen LogP contribution in [-0.2, 0) is 17.9 Å². The van der Waals surface area contributed by atoms with Gasteiger partial charge in [0.25, 0.3) is 0 Å². The van der Waals surface area contributed by atoms with Crippen molar-refractivity contribution in [3.05, 3.63) is 11.6 Å². The molecule has 0 N–H and O–H groups in total. The SMILES string of the molecule is CC(C)CC(=O)N1CCC(c2nnc3n2CCN(CC2CCCCC2)C3)CC1. The zero-order valence-electron chi connectivity index (χ0n) is 17.8. The number of carbonyl (C=O) groups is 1. The minimum absolute atomic E-state index is 0.315. The molecule has 0 atom stereocenters. The van der Waals surface area contributed by atoms with Crippen LogP contribution in [0.5, 0.6) is 0 Å². The lowest BCUT2D eigenvalue weighted by molar-refractivity contribution is -0.133. The van der Waals surface area contributed by atoms with Gasteiger partial charge in [-0.15, -0.1) is 10.2 Å². The van der Waals surface area contributed by atoms with Gasteiger partial charge in [0.2, 0.25) is 5.91 Å². The van der Waals surface area contributed by atoms with Crippen LogP contribution >= 0.6 is 0 Å². The molecule has 1 saturated carbocycles. The van der Waals surface area contributed by atoms with E-state index in [4.69, 9.17) is 0 Å². The number of carbonyl (C=O) groups excluding carboxylic acids is 1. The predicted octanol–water partition coefficient (Wildman–Crippen LogP) is 3.43. The molecule has 28 heavy (non-hydrogen) atoms. The summed E-state index contributed by atoms with van der Waals surface area (Å²) in [6, 6.07) is 0. The van der Waals surface area contributed by atoms with E-state index in [0.717, 1.165) is 57.3 Å². The summed E-state index contributed by atoms with van der Waals surface area (Å²) in [4.78, 5) is 17.0. The molecule has 0 spiro atoms. The summed E-state index contributed by atoms with van der Waals surface area (Å²) in [5.74, 6) is 4.41. The molecule has 1 amide bonds. The minimum Gasteiger partial charge on any atom is -0.343 e. The highest BCUT2D eigenvalue weighted by Crippen LogP contribution is 2.30. The number of amides is 1. The number of aromatic nitrogens is 3. The van der Waals surface area contributed by atoms with Gasteiger partial charge in [-0.1, -0.05) is 33.1 Å². The van der Waals surface area contributed by atoms with E-state index in [1.165, 1.54) is 44.5 Å². The van der Waals surface area contributed by atoms with E-state index in [1.807, 2.05) is 0 Å². The number of fused-ring (bicyclic) bond motifs is 1. The summed E-state index contributed by atoms with van der Waals surface area (Å²) < 4.78 is 2.38. The standard InChI is InChI=1S/C22H37N5O/c1-17(2)14-21(28)26-10-8-19(9-11-26)22-24-23-20-16-25(12-13-27(20)22)15-18-6-4-3-5-7-18/h17-19H,3-16H2,1-2H3. The maximum absolute atomic E-state index is 12.3. The molecular formula is C22H37N5O. The fourth-order valence-electron chi connectivity index (χ4n) is 5.29. The Labute approximate surface area is 169 Å². The van der Waals surface area contributed by atoms with Crippen molar-refractivity contribution in [2.24, 2.45) is 11.8 Å². The van der Waals surface area contributed by atoms with E-state index < -0.39 is 0 Å². The van der Waals surface area contributed by atoms with Crippen LogP contribution in [-0.4, -0.2) is 56.7 Å². The van der Waals surface area contributed by atoms with Crippen LogP contribution in [0.3, 0.4) is 0 Å². The smallest absolute Gasteiger partial charge is 0.222 e.